The van der Waals surface area contributed by atoms with Crippen LogP contribution in [-0.4, -0.2) is 66.9 Å². The molecule has 6 nitrogen and oxygen atoms in total. The van der Waals surface area contributed by atoms with Gasteiger partial charge in [-0.1, -0.05) is 12.1 Å². The normalized spacial score (nSPS) is 21.8. The Bertz CT molecular complexity index is 528. The van der Waals surface area contributed by atoms with Gasteiger partial charge in [0.15, 0.2) is 0 Å². The number of carboxylic acid groups (broad SMARTS) is 1. The summed E-state index contributed by atoms with van der Waals surface area (Å²) in [5, 5.41) is 9.09. The lowest BCUT2D eigenvalue weighted by Crippen LogP contribution is -2.41. The van der Waals surface area contributed by atoms with Crippen LogP contribution in [-0.2, 0) is 4.74 Å². The predicted octanol–water partition coefficient (Wildman–Crippen LogP) is 2.60. The molecule has 1 aromatic rings. The van der Waals surface area contributed by atoms with Crippen molar-refractivity contribution in [2.24, 2.45) is 0 Å². The van der Waals surface area contributed by atoms with E-state index in [4.69, 9.17) is 14.6 Å². The molecule has 2 saturated heterocycles. The van der Waals surface area contributed by atoms with Crippen LogP contribution in [0.25, 0.3) is 0 Å². The summed E-state index contributed by atoms with van der Waals surface area (Å²) in [6, 6.07) is 7.81. The molecule has 1 aromatic carbocycles. The molecule has 0 unspecified atom stereocenters. The number of nitrogens with zero attached hydrogens (tertiary/aromatic N) is 2. The Morgan fingerprint density at radius 3 is 2.67 bits per heavy atom. The number of hydrogen-bond donors (Lipinski definition) is 1. The smallest absolute Gasteiger partial charge is 0.407 e. The first-order valence-electron chi connectivity index (χ1n) is 8.77. The number of ether oxygens (including phenoxy) is 2. The van der Waals surface area contributed by atoms with Gasteiger partial charge in [-0.05, 0) is 50.0 Å². The molecule has 24 heavy (non-hydrogen) atoms. The predicted molar refractivity (Wildman–Crippen MR) is 90.5 cm³/mol. The summed E-state index contributed by atoms with van der Waals surface area (Å²) < 4.78 is 11.5. The summed E-state index contributed by atoms with van der Waals surface area (Å²) in [4.78, 5) is 15.0. The van der Waals surface area contributed by atoms with E-state index in [2.05, 4.69) is 4.90 Å². The molecule has 1 amide bonds. The van der Waals surface area contributed by atoms with Gasteiger partial charge < -0.3 is 24.4 Å². The topological polar surface area (TPSA) is 62.2 Å². The highest BCUT2D eigenvalue weighted by molar-refractivity contribution is 5.65. The maximum absolute atomic E-state index is 11.1. The van der Waals surface area contributed by atoms with Crippen LogP contribution in [0.5, 0.6) is 5.75 Å². The Hall–Kier alpha value is -1.79. The minimum absolute atomic E-state index is 0.195. The molecule has 0 spiro atoms. The maximum atomic E-state index is 11.1. The lowest BCUT2D eigenvalue weighted by atomic mass is 10.1. The molecule has 6 heteroatoms. The highest BCUT2D eigenvalue weighted by atomic mass is 16.5. The van der Waals surface area contributed by atoms with Crippen molar-refractivity contribution in [3.8, 4) is 5.75 Å². The lowest BCUT2D eigenvalue weighted by molar-refractivity contribution is -0.0232. The van der Waals surface area contributed by atoms with E-state index >= 15 is 0 Å². The van der Waals surface area contributed by atoms with Gasteiger partial charge in [-0.3, -0.25) is 0 Å². The average molecular weight is 334 g/mol. The Morgan fingerprint density at radius 2 is 1.96 bits per heavy atom. The highest BCUT2D eigenvalue weighted by Gasteiger charge is 2.24. The van der Waals surface area contributed by atoms with E-state index in [0.717, 1.165) is 30.9 Å². The second kappa shape index (κ2) is 8.35. The average Bonchev–Trinajstić information content (AvgIpc) is 3.13. The largest absolute Gasteiger partial charge is 0.494 e. The summed E-state index contributed by atoms with van der Waals surface area (Å²) in [6.07, 6.45) is 2.61. The van der Waals surface area contributed by atoms with Crippen molar-refractivity contribution in [1.29, 1.82) is 0 Å². The zero-order valence-electron chi connectivity index (χ0n) is 14.0. The number of benzene rings is 1. The van der Waals surface area contributed by atoms with E-state index in [-0.39, 0.29) is 6.10 Å². The second-order valence-electron chi connectivity index (χ2n) is 6.41. The lowest BCUT2D eigenvalue weighted by Gasteiger charge is -2.31. The van der Waals surface area contributed by atoms with Gasteiger partial charge >= 0.3 is 6.09 Å². The van der Waals surface area contributed by atoms with Gasteiger partial charge in [-0.2, -0.15) is 0 Å². The fourth-order valence-corrected chi connectivity index (χ4v) is 3.29. The Labute approximate surface area is 143 Å². The molecule has 2 aliphatic rings. The Balaban J connectivity index is 1.43. The summed E-state index contributed by atoms with van der Waals surface area (Å²) >= 11 is 0. The van der Waals surface area contributed by atoms with Crippen molar-refractivity contribution in [2.45, 2.75) is 25.4 Å². The molecule has 0 aromatic heterocycles. The van der Waals surface area contributed by atoms with E-state index < -0.39 is 6.09 Å². The Morgan fingerprint density at radius 1 is 1.21 bits per heavy atom. The van der Waals surface area contributed by atoms with Crippen LogP contribution in [0.3, 0.4) is 0 Å². The molecule has 2 fully saturated rings. The molecular weight excluding hydrogens is 308 g/mol. The number of hydrogen-bond acceptors (Lipinski definition) is 4. The van der Waals surface area contributed by atoms with Crippen LogP contribution in [0.4, 0.5) is 4.79 Å². The molecular formula is C18H26N2O4. The van der Waals surface area contributed by atoms with E-state index in [1.54, 1.807) is 0 Å². The first-order valence-corrected chi connectivity index (χ1v) is 8.77. The summed E-state index contributed by atoms with van der Waals surface area (Å²) in [6.45, 7) is 5.54. The molecule has 0 saturated carbocycles. The molecule has 2 heterocycles. The van der Waals surface area contributed by atoms with E-state index in [0.29, 0.717) is 19.7 Å². The van der Waals surface area contributed by atoms with E-state index in [1.807, 2.05) is 24.3 Å². The molecule has 3 rings (SSSR count). The van der Waals surface area contributed by atoms with Crippen molar-refractivity contribution in [2.75, 3.05) is 45.9 Å². The molecule has 1 N–H and O–H groups in total. The summed E-state index contributed by atoms with van der Waals surface area (Å²) in [5.74, 6) is 0.853. The van der Waals surface area contributed by atoms with Gasteiger partial charge in [0.1, 0.15) is 11.9 Å². The van der Waals surface area contributed by atoms with Gasteiger partial charge in [0.05, 0.1) is 19.8 Å². The number of rotatable bonds is 6. The Kier molecular flexibility index (Phi) is 5.93. The zero-order valence-corrected chi connectivity index (χ0v) is 14.0. The minimum Gasteiger partial charge on any atom is -0.494 e. The standard InChI is InChI=1S/C18H26N2O4/c21-18(22)20-11-13-24-17(14-20)15-4-6-16(7-5-15)23-12-3-10-19-8-1-2-9-19/h4-7,17H,1-3,8-14H2,(H,21,22)/t17-/m1/s1. The van der Waals surface area contributed by atoms with Gasteiger partial charge in [0.25, 0.3) is 0 Å². The van der Waals surface area contributed by atoms with Crippen LogP contribution >= 0.6 is 0 Å². The third kappa shape index (κ3) is 4.61. The SMILES string of the molecule is O=C(O)N1CCO[C@@H](c2ccc(OCCCN3CCCC3)cc2)C1. The van der Waals surface area contributed by atoms with Crippen molar-refractivity contribution in [3.63, 3.8) is 0 Å². The number of amides is 1. The van der Waals surface area contributed by atoms with Crippen LogP contribution < -0.4 is 4.74 Å². The van der Waals surface area contributed by atoms with Crippen molar-refractivity contribution in [1.82, 2.24) is 9.80 Å². The summed E-state index contributed by atoms with van der Waals surface area (Å²) in [7, 11) is 0. The number of carbonyl (C=O) groups is 1. The van der Waals surface area contributed by atoms with Gasteiger partial charge in [-0.15, -0.1) is 0 Å². The quantitative estimate of drug-likeness (QED) is 0.810. The molecule has 0 radical (unpaired) electrons. The monoisotopic (exact) mass is 334 g/mol. The summed E-state index contributed by atoms with van der Waals surface area (Å²) in [5.41, 5.74) is 0.991. The number of likely N-dealkylation sites (tertiary alicyclic amines) is 1. The minimum atomic E-state index is -0.888. The van der Waals surface area contributed by atoms with Gasteiger partial charge in [0, 0.05) is 13.1 Å². The van der Waals surface area contributed by atoms with E-state index in [9.17, 15) is 4.79 Å². The maximum Gasteiger partial charge on any atom is 0.407 e. The first kappa shape index (κ1) is 17.0. The highest BCUT2D eigenvalue weighted by Crippen LogP contribution is 2.24. The van der Waals surface area contributed by atoms with Gasteiger partial charge in [0.2, 0.25) is 0 Å². The van der Waals surface area contributed by atoms with Crippen LogP contribution in [0.2, 0.25) is 0 Å². The first-order chi connectivity index (χ1) is 11.7. The molecule has 2 aliphatic heterocycles. The third-order valence-corrected chi connectivity index (χ3v) is 4.67. The molecule has 1 atom stereocenters. The van der Waals surface area contributed by atoms with Crippen molar-refractivity contribution >= 4 is 6.09 Å². The van der Waals surface area contributed by atoms with Crippen LogP contribution in [0.1, 0.15) is 30.9 Å². The number of morpholine rings is 1. The molecule has 0 bridgehead atoms. The van der Waals surface area contributed by atoms with Crippen LogP contribution in [0.15, 0.2) is 24.3 Å². The molecule has 132 valence electrons. The molecule has 0 aliphatic carbocycles. The van der Waals surface area contributed by atoms with E-state index in [1.165, 1.54) is 30.8 Å². The van der Waals surface area contributed by atoms with Gasteiger partial charge in [-0.25, -0.2) is 4.79 Å². The fourth-order valence-electron chi connectivity index (χ4n) is 3.29. The second-order valence-corrected chi connectivity index (χ2v) is 6.41. The fraction of sp³-hybridized carbons (Fsp3) is 0.611. The van der Waals surface area contributed by atoms with Crippen LogP contribution in [0, 0.1) is 0 Å². The van der Waals surface area contributed by atoms with Crippen molar-refractivity contribution < 1.29 is 19.4 Å². The third-order valence-electron chi connectivity index (χ3n) is 4.67. The van der Waals surface area contributed by atoms with Crippen molar-refractivity contribution in [3.05, 3.63) is 29.8 Å². The zero-order chi connectivity index (χ0) is 16.8.